The lowest BCUT2D eigenvalue weighted by molar-refractivity contribution is 0.300. The first kappa shape index (κ1) is 17.5. The van der Waals surface area contributed by atoms with Gasteiger partial charge in [-0.2, -0.15) is 5.26 Å². The molecule has 1 heterocycles. The largest absolute Gasteiger partial charge is 0.356 e. The summed E-state index contributed by atoms with van der Waals surface area (Å²) in [4.78, 5) is 9.25. The molecule has 0 aliphatic carbocycles. The van der Waals surface area contributed by atoms with Crippen LogP contribution in [0.15, 0.2) is 6.07 Å². The number of hydrogen-bond donors (Lipinski definition) is 0. The third kappa shape index (κ3) is 4.71. The zero-order valence-electron chi connectivity index (χ0n) is 14.1. The Morgan fingerprint density at radius 3 is 2.29 bits per heavy atom. The minimum Gasteiger partial charge on any atom is -0.356 e. The minimum atomic E-state index is 0.713. The van der Waals surface area contributed by atoms with Gasteiger partial charge in [-0.3, -0.25) is 0 Å². The van der Waals surface area contributed by atoms with E-state index in [1.807, 2.05) is 19.9 Å². The van der Waals surface area contributed by atoms with Gasteiger partial charge in [0.25, 0.3) is 0 Å². The zero-order valence-corrected chi connectivity index (χ0v) is 14.1. The molecule has 0 aliphatic rings. The van der Waals surface area contributed by atoms with Crippen LogP contribution in [0.3, 0.4) is 0 Å². The normalized spacial score (nSPS) is 10.7. The Morgan fingerprint density at radius 1 is 1.10 bits per heavy atom. The van der Waals surface area contributed by atoms with Crippen LogP contribution >= 0.6 is 0 Å². The molecule has 1 rings (SSSR count). The van der Waals surface area contributed by atoms with E-state index in [9.17, 15) is 5.26 Å². The van der Waals surface area contributed by atoms with Crippen LogP contribution in [0.1, 0.15) is 44.0 Å². The predicted octanol–water partition coefficient (Wildman–Crippen LogP) is 3.13. The minimum absolute atomic E-state index is 0.713. The van der Waals surface area contributed by atoms with Gasteiger partial charge in [-0.15, -0.1) is 0 Å². The molecular formula is C17H28N4. The average Bonchev–Trinajstić information content (AvgIpc) is 2.47. The van der Waals surface area contributed by atoms with Crippen molar-refractivity contribution >= 4 is 5.82 Å². The van der Waals surface area contributed by atoms with Crippen LogP contribution < -0.4 is 4.90 Å². The fraction of sp³-hybridized carbons (Fsp3) is 0.647. The molecule has 0 N–H and O–H groups in total. The van der Waals surface area contributed by atoms with Crippen molar-refractivity contribution in [1.82, 2.24) is 9.88 Å². The fourth-order valence-corrected chi connectivity index (χ4v) is 2.62. The molecule has 4 heteroatoms. The lowest BCUT2D eigenvalue weighted by Gasteiger charge is -2.26. The Morgan fingerprint density at radius 2 is 1.76 bits per heavy atom. The van der Waals surface area contributed by atoms with Crippen LogP contribution in [0.5, 0.6) is 0 Å². The van der Waals surface area contributed by atoms with Crippen molar-refractivity contribution in [2.45, 2.75) is 41.0 Å². The van der Waals surface area contributed by atoms with Gasteiger partial charge in [0.05, 0.1) is 5.56 Å². The highest BCUT2D eigenvalue weighted by Crippen LogP contribution is 2.21. The molecule has 0 amide bonds. The number of hydrogen-bond acceptors (Lipinski definition) is 4. The summed E-state index contributed by atoms with van der Waals surface area (Å²) >= 11 is 0. The summed E-state index contributed by atoms with van der Waals surface area (Å²) in [7, 11) is 0. The third-order valence-corrected chi connectivity index (χ3v) is 3.92. The molecule has 0 unspecified atom stereocenters. The average molecular weight is 288 g/mol. The first-order valence-corrected chi connectivity index (χ1v) is 7.92. The van der Waals surface area contributed by atoms with Gasteiger partial charge < -0.3 is 9.80 Å². The SMILES string of the molecule is CCN(CC)CCCN(CC)c1nc(C)cc(C)c1C#N. The van der Waals surface area contributed by atoms with E-state index in [1.165, 1.54) is 0 Å². The van der Waals surface area contributed by atoms with Crippen LogP contribution in [0.25, 0.3) is 0 Å². The van der Waals surface area contributed by atoms with Crippen molar-refractivity contribution in [1.29, 1.82) is 5.26 Å². The van der Waals surface area contributed by atoms with Crippen molar-refractivity contribution in [3.63, 3.8) is 0 Å². The second-order valence-electron chi connectivity index (χ2n) is 5.35. The van der Waals surface area contributed by atoms with Gasteiger partial charge in [0, 0.05) is 18.8 Å². The Labute approximate surface area is 129 Å². The summed E-state index contributed by atoms with van der Waals surface area (Å²) in [6.07, 6.45) is 1.09. The molecule has 1 aromatic rings. The summed E-state index contributed by atoms with van der Waals surface area (Å²) in [6.45, 7) is 15.6. The van der Waals surface area contributed by atoms with Crippen LogP contribution in [0.2, 0.25) is 0 Å². The molecule has 0 spiro atoms. The molecular weight excluding hydrogens is 260 g/mol. The Hall–Kier alpha value is -1.60. The molecule has 116 valence electrons. The molecule has 4 nitrogen and oxygen atoms in total. The van der Waals surface area contributed by atoms with Gasteiger partial charge in [-0.1, -0.05) is 13.8 Å². The first-order chi connectivity index (χ1) is 10.1. The van der Waals surface area contributed by atoms with Crippen molar-refractivity contribution in [3.05, 3.63) is 22.9 Å². The second kappa shape index (κ2) is 8.63. The van der Waals surface area contributed by atoms with E-state index in [2.05, 4.69) is 41.6 Å². The number of pyridine rings is 1. The van der Waals surface area contributed by atoms with Gasteiger partial charge in [0.2, 0.25) is 0 Å². The molecule has 0 fully saturated rings. The highest BCUT2D eigenvalue weighted by molar-refractivity contribution is 5.58. The van der Waals surface area contributed by atoms with E-state index < -0.39 is 0 Å². The maximum Gasteiger partial charge on any atom is 0.147 e. The molecule has 0 atom stereocenters. The Kier molecular flexibility index (Phi) is 7.18. The third-order valence-electron chi connectivity index (χ3n) is 3.92. The van der Waals surface area contributed by atoms with Crippen LogP contribution in [-0.4, -0.2) is 42.6 Å². The van der Waals surface area contributed by atoms with Gasteiger partial charge >= 0.3 is 0 Å². The molecule has 21 heavy (non-hydrogen) atoms. The first-order valence-electron chi connectivity index (χ1n) is 7.92. The standard InChI is InChI=1S/C17H28N4/c1-6-20(7-2)10-9-11-21(8-3)17-16(13-18)14(4)12-15(5)19-17/h12H,6-11H2,1-5H3. The molecule has 0 aliphatic heterocycles. The summed E-state index contributed by atoms with van der Waals surface area (Å²) in [6, 6.07) is 4.29. The fourth-order valence-electron chi connectivity index (χ4n) is 2.62. The monoisotopic (exact) mass is 288 g/mol. The predicted molar refractivity (Wildman–Crippen MR) is 88.7 cm³/mol. The molecule has 0 saturated heterocycles. The van der Waals surface area contributed by atoms with Crippen molar-refractivity contribution < 1.29 is 0 Å². The maximum atomic E-state index is 9.40. The van der Waals surface area contributed by atoms with Gasteiger partial charge in [0.15, 0.2) is 0 Å². The summed E-state index contributed by atoms with van der Waals surface area (Å²) < 4.78 is 0. The number of rotatable bonds is 8. The van der Waals surface area contributed by atoms with E-state index in [1.54, 1.807) is 0 Å². The van der Waals surface area contributed by atoms with Crippen LogP contribution in [-0.2, 0) is 0 Å². The summed E-state index contributed by atoms with van der Waals surface area (Å²) in [5.41, 5.74) is 2.70. The van der Waals surface area contributed by atoms with Crippen LogP contribution in [0.4, 0.5) is 5.82 Å². The van der Waals surface area contributed by atoms with Crippen molar-refractivity contribution in [2.24, 2.45) is 0 Å². The lowest BCUT2D eigenvalue weighted by Crippen LogP contribution is -2.31. The van der Waals surface area contributed by atoms with Gasteiger partial charge in [-0.05, 0) is 58.5 Å². The number of nitrogens with zero attached hydrogens (tertiary/aromatic N) is 4. The molecule has 0 aromatic carbocycles. The quantitative estimate of drug-likeness (QED) is 0.737. The van der Waals surface area contributed by atoms with Crippen molar-refractivity contribution in [2.75, 3.05) is 37.6 Å². The maximum absolute atomic E-state index is 9.40. The molecule has 0 radical (unpaired) electrons. The van der Waals surface area contributed by atoms with E-state index in [-0.39, 0.29) is 0 Å². The topological polar surface area (TPSA) is 43.2 Å². The summed E-state index contributed by atoms with van der Waals surface area (Å²) in [5.74, 6) is 0.844. The Bertz CT molecular complexity index is 486. The van der Waals surface area contributed by atoms with E-state index in [4.69, 9.17) is 0 Å². The van der Waals surface area contributed by atoms with Gasteiger partial charge in [0.1, 0.15) is 11.9 Å². The molecule has 1 aromatic heterocycles. The van der Waals surface area contributed by atoms with Crippen molar-refractivity contribution in [3.8, 4) is 6.07 Å². The number of aryl methyl sites for hydroxylation is 2. The lowest BCUT2D eigenvalue weighted by atomic mass is 10.1. The molecule has 0 bridgehead atoms. The number of nitriles is 1. The summed E-state index contributed by atoms with van der Waals surface area (Å²) in [5, 5.41) is 9.40. The number of anilines is 1. The van der Waals surface area contributed by atoms with E-state index in [0.29, 0.717) is 5.56 Å². The van der Waals surface area contributed by atoms with E-state index >= 15 is 0 Å². The molecule has 0 saturated carbocycles. The number of aromatic nitrogens is 1. The van der Waals surface area contributed by atoms with E-state index in [0.717, 1.165) is 56.2 Å². The highest BCUT2D eigenvalue weighted by Gasteiger charge is 2.14. The smallest absolute Gasteiger partial charge is 0.147 e. The van der Waals surface area contributed by atoms with Crippen LogP contribution in [0, 0.1) is 25.2 Å². The zero-order chi connectivity index (χ0) is 15.8. The highest BCUT2D eigenvalue weighted by atomic mass is 15.2. The Balaban J connectivity index is 2.83. The second-order valence-corrected chi connectivity index (χ2v) is 5.35. The van der Waals surface area contributed by atoms with Gasteiger partial charge in [-0.25, -0.2) is 4.98 Å².